The van der Waals surface area contributed by atoms with Crippen molar-refractivity contribution >= 4 is 11.8 Å². The maximum absolute atomic E-state index is 13.4. The monoisotopic (exact) mass is 390 g/mol. The number of ether oxygens (including phenoxy) is 1. The molecule has 28 heavy (non-hydrogen) atoms. The van der Waals surface area contributed by atoms with Crippen molar-refractivity contribution in [3.05, 3.63) is 65.7 Å². The minimum atomic E-state index is -0.981. The van der Waals surface area contributed by atoms with Crippen LogP contribution in [0.2, 0.25) is 0 Å². The predicted octanol–water partition coefficient (Wildman–Crippen LogP) is 3.36. The number of carbonyl (C=O) groups excluding carboxylic acids is 2. The van der Waals surface area contributed by atoms with E-state index >= 15 is 0 Å². The zero-order valence-corrected chi connectivity index (χ0v) is 16.0. The highest BCUT2D eigenvalue weighted by molar-refractivity contribution is 5.88. The summed E-state index contributed by atoms with van der Waals surface area (Å²) in [5.41, 5.74) is 0.425. The van der Waals surface area contributed by atoms with Crippen molar-refractivity contribution in [1.82, 2.24) is 10.6 Å². The molecule has 7 heteroatoms. The molecule has 2 N–H and O–H groups in total. The van der Waals surface area contributed by atoms with E-state index in [-0.39, 0.29) is 12.5 Å². The molecular weight excluding hydrogens is 366 g/mol. The summed E-state index contributed by atoms with van der Waals surface area (Å²) in [5.74, 6) is -2.41. The second-order valence-corrected chi connectivity index (χ2v) is 6.79. The van der Waals surface area contributed by atoms with Crippen LogP contribution in [-0.2, 0) is 9.59 Å². The Morgan fingerprint density at radius 3 is 2.25 bits per heavy atom. The normalized spacial score (nSPS) is 12.9. The summed E-state index contributed by atoms with van der Waals surface area (Å²) in [5, 5.41) is 5.37. The van der Waals surface area contributed by atoms with Crippen molar-refractivity contribution in [3.8, 4) is 5.75 Å². The third kappa shape index (κ3) is 6.04. The molecule has 0 aliphatic heterocycles. The van der Waals surface area contributed by atoms with Crippen LogP contribution in [0.15, 0.2) is 48.5 Å². The highest BCUT2D eigenvalue weighted by atomic mass is 19.2. The van der Waals surface area contributed by atoms with Crippen molar-refractivity contribution in [2.24, 2.45) is 5.92 Å². The molecule has 0 aliphatic rings. The van der Waals surface area contributed by atoms with Gasteiger partial charge in [-0.2, -0.15) is 0 Å². The molecule has 2 atom stereocenters. The Kier molecular flexibility index (Phi) is 7.49. The number of amides is 2. The van der Waals surface area contributed by atoms with Gasteiger partial charge in [0.1, 0.15) is 11.8 Å². The van der Waals surface area contributed by atoms with Gasteiger partial charge in [0.25, 0.3) is 5.91 Å². The molecule has 0 radical (unpaired) electrons. The van der Waals surface area contributed by atoms with E-state index in [9.17, 15) is 18.4 Å². The predicted molar refractivity (Wildman–Crippen MR) is 102 cm³/mol. The summed E-state index contributed by atoms with van der Waals surface area (Å²) >= 11 is 0. The van der Waals surface area contributed by atoms with E-state index in [1.54, 1.807) is 45.0 Å². The van der Waals surface area contributed by atoms with E-state index in [2.05, 4.69) is 10.6 Å². The first-order valence-electron chi connectivity index (χ1n) is 9.00. The molecule has 0 heterocycles. The van der Waals surface area contributed by atoms with Gasteiger partial charge >= 0.3 is 0 Å². The molecule has 0 fully saturated rings. The SMILES string of the molecule is CC(NC(=O)C(NC(=O)COc1ccccc1)C(C)C)c1ccc(F)c(F)c1. The lowest BCUT2D eigenvalue weighted by Crippen LogP contribution is -2.51. The van der Waals surface area contributed by atoms with Gasteiger partial charge in [-0.25, -0.2) is 8.78 Å². The van der Waals surface area contributed by atoms with E-state index in [0.29, 0.717) is 11.3 Å². The quantitative estimate of drug-likeness (QED) is 0.726. The zero-order chi connectivity index (χ0) is 20.7. The van der Waals surface area contributed by atoms with Crippen molar-refractivity contribution in [2.75, 3.05) is 6.61 Å². The molecule has 0 saturated carbocycles. The Balaban J connectivity index is 1.95. The zero-order valence-electron chi connectivity index (χ0n) is 16.0. The van der Waals surface area contributed by atoms with Gasteiger partial charge in [0.2, 0.25) is 5.91 Å². The van der Waals surface area contributed by atoms with Gasteiger partial charge in [0.15, 0.2) is 18.2 Å². The first-order valence-corrected chi connectivity index (χ1v) is 9.00. The van der Waals surface area contributed by atoms with Crippen LogP contribution in [0, 0.1) is 17.6 Å². The average molecular weight is 390 g/mol. The van der Waals surface area contributed by atoms with Gasteiger partial charge in [-0.05, 0) is 42.7 Å². The highest BCUT2D eigenvalue weighted by Crippen LogP contribution is 2.16. The maximum atomic E-state index is 13.4. The topological polar surface area (TPSA) is 67.4 Å². The molecule has 2 unspecified atom stereocenters. The Morgan fingerprint density at radius 2 is 1.64 bits per heavy atom. The molecule has 0 aliphatic carbocycles. The lowest BCUT2D eigenvalue weighted by Gasteiger charge is -2.24. The van der Waals surface area contributed by atoms with E-state index in [4.69, 9.17) is 4.74 Å². The van der Waals surface area contributed by atoms with Gasteiger partial charge < -0.3 is 15.4 Å². The fraction of sp³-hybridized carbons (Fsp3) is 0.333. The van der Waals surface area contributed by atoms with Crippen LogP contribution in [-0.4, -0.2) is 24.5 Å². The minimum absolute atomic E-state index is 0.183. The minimum Gasteiger partial charge on any atom is -0.484 e. The molecule has 5 nitrogen and oxygen atoms in total. The van der Waals surface area contributed by atoms with Crippen molar-refractivity contribution in [3.63, 3.8) is 0 Å². The molecule has 150 valence electrons. The number of hydrogen-bond donors (Lipinski definition) is 2. The van der Waals surface area contributed by atoms with Gasteiger partial charge in [-0.15, -0.1) is 0 Å². The standard InChI is InChI=1S/C21H24F2N2O3/c1-13(2)20(25-19(26)12-28-16-7-5-4-6-8-16)21(27)24-14(3)15-9-10-17(22)18(23)11-15/h4-11,13-14,20H,12H2,1-3H3,(H,24,27)(H,25,26). The molecular formula is C21H24F2N2O3. The number of para-hydroxylation sites is 1. The van der Waals surface area contributed by atoms with Crippen LogP contribution < -0.4 is 15.4 Å². The van der Waals surface area contributed by atoms with Crippen LogP contribution in [0.1, 0.15) is 32.4 Å². The van der Waals surface area contributed by atoms with Gasteiger partial charge in [0.05, 0.1) is 6.04 Å². The molecule has 0 aromatic heterocycles. The fourth-order valence-corrected chi connectivity index (χ4v) is 2.58. The van der Waals surface area contributed by atoms with Crippen molar-refractivity contribution < 1.29 is 23.1 Å². The molecule has 2 aromatic rings. The van der Waals surface area contributed by atoms with Gasteiger partial charge in [-0.1, -0.05) is 38.1 Å². The summed E-state index contributed by atoms with van der Waals surface area (Å²) in [6.45, 7) is 5.02. The molecule has 2 rings (SSSR count). The second-order valence-electron chi connectivity index (χ2n) is 6.79. The summed E-state index contributed by atoms with van der Waals surface area (Å²) in [6.07, 6.45) is 0. The first kappa shape index (κ1) is 21.3. The van der Waals surface area contributed by atoms with Crippen LogP contribution in [0.5, 0.6) is 5.75 Å². The van der Waals surface area contributed by atoms with Crippen LogP contribution in [0.4, 0.5) is 8.78 Å². The van der Waals surface area contributed by atoms with Crippen molar-refractivity contribution in [1.29, 1.82) is 0 Å². The number of halogens is 2. The third-order valence-electron chi connectivity index (χ3n) is 4.18. The van der Waals surface area contributed by atoms with Crippen LogP contribution in [0.3, 0.4) is 0 Å². The van der Waals surface area contributed by atoms with E-state index in [1.165, 1.54) is 6.07 Å². The summed E-state index contributed by atoms with van der Waals surface area (Å²) < 4.78 is 31.9. The van der Waals surface area contributed by atoms with Crippen molar-refractivity contribution in [2.45, 2.75) is 32.9 Å². The van der Waals surface area contributed by atoms with E-state index < -0.39 is 35.5 Å². The van der Waals surface area contributed by atoms with Crippen LogP contribution >= 0.6 is 0 Å². The third-order valence-corrected chi connectivity index (χ3v) is 4.18. The van der Waals surface area contributed by atoms with E-state index in [1.807, 2.05) is 6.07 Å². The number of benzene rings is 2. The number of nitrogens with one attached hydrogen (secondary N) is 2. The number of hydrogen-bond acceptors (Lipinski definition) is 3. The Hall–Kier alpha value is -2.96. The second kappa shape index (κ2) is 9.82. The van der Waals surface area contributed by atoms with Gasteiger partial charge in [0, 0.05) is 0 Å². The summed E-state index contributed by atoms with van der Waals surface area (Å²) in [6, 6.07) is 11.0. The number of rotatable bonds is 8. The fourth-order valence-electron chi connectivity index (χ4n) is 2.58. The molecule has 0 spiro atoms. The maximum Gasteiger partial charge on any atom is 0.258 e. The Labute approximate surface area is 163 Å². The van der Waals surface area contributed by atoms with Gasteiger partial charge in [-0.3, -0.25) is 9.59 Å². The summed E-state index contributed by atoms with van der Waals surface area (Å²) in [4.78, 5) is 24.8. The molecule has 0 bridgehead atoms. The molecule has 0 saturated heterocycles. The first-order chi connectivity index (χ1) is 13.3. The lowest BCUT2D eigenvalue weighted by molar-refractivity contribution is -0.131. The lowest BCUT2D eigenvalue weighted by atomic mass is 10.0. The summed E-state index contributed by atoms with van der Waals surface area (Å²) in [7, 11) is 0. The molecule has 2 amide bonds. The Morgan fingerprint density at radius 1 is 0.964 bits per heavy atom. The highest BCUT2D eigenvalue weighted by Gasteiger charge is 2.26. The van der Waals surface area contributed by atoms with E-state index in [0.717, 1.165) is 12.1 Å². The smallest absolute Gasteiger partial charge is 0.258 e. The number of carbonyl (C=O) groups is 2. The van der Waals surface area contributed by atoms with Crippen LogP contribution in [0.25, 0.3) is 0 Å². The average Bonchev–Trinajstić information content (AvgIpc) is 2.67. The molecule has 2 aromatic carbocycles. The largest absolute Gasteiger partial charge is 0.484 e. The Bertz CT molecular complexity index is 813.